The molecule has 1 N–H and O–H groups in total. The predicted molar refractivity (Wildman–Crippen MR) is 92.5 cm³/mol. The van der Waals surface area contributed by atoms with Gasteiger partial charge in [-0.1, -0.05) is 19.8 Å². The van der Waals surface area contributed by atoms with Gasteiger partial charge in [-0.05, 0) is 57.5 Å². The van der Waals surface area contributed by atoms with Gasteiger partial charge in [0.15, 0.2) is 0 Å². The number of nitrogens with zero attached hydrogens (tertiary/aromatic N) is 1. The van der Waals surface area contributed by atoms with Crippen LogP contribution in [-0.4, -0.2) is 50.2 Å². The van der Waals surface area contributed by atoms with Gasteiger partial charge in [-0.25, -0.2) is 0 Å². The second kappa shape index (κ2) is 10.5. The van der Waals surface area contributed by atoms with E-state index in [1.54, 1.807) is 0 Å². The minimum absolute atomic E-state index is 0. The first-order valence-electron chi connectivity index (χ1n) is 8.74. The van der Waals surface area contributed by atoms with Gasteiger partial charge in [0.25, 0.3) is 0 Å². The highest BCUT2D eigenvalue weighted by Gasteiger charge is 2.26. The lowest BCUT2D eigenvalue weighted by Crippen LogP contribution is -2.42. The number of ether oxygens (including phenoxy) is 1. The number of rotatable bonds is 6. The third kappa shape index (κ3) is 6.05. The van der Waals surface area contributed by atoms with Crippen LogP contribution >= 0.6 is 12.4 Å². The number of carbonyl (C=O) groups excluding carboxylic acids is 1. The standard InChI is InChI=1S/C17H32N2O2.ClH/c1-14-5-3-4-6-16(14)21-13-17(20)19-11-8-15(9-12-19)7-10-18-2;/h14-16,18H,3-13H2,1-2H3;1H. The molecule has 1 aliphatic carbocycles. The maximum Gasteiger partial charge on any atom is 0.248 e. The molecule has 2 rings (SSSR count). The highest BCUT2D eigenvalue weighted by molar-refractivity contribution is 5.85. The fraction of sp³-hybridized carbons (Fsp3) is 0.941. The summed E-state index contributed by atoms with van der Waals surface area (Å²) in [6.45, 7) is 5.45. The van der Waals surface area contributed by atoms with Crippen molar-refractivity contribution in [2.75, 3.05) is 33.3 Å². The average molecular weight is 333 g/mol. The number of hydrogen-bond donors (Lipinski definition) is 1. The molecule has 1 saturated carbocycles. The first-order chi connectivity index (χ1) is 10.2. The van der Waals surface area contributed by atoms with Gasteiger partial charge < -0.3 is 15.0 Å². The van der Waals surface area contributed by atoms with E-state index >= 15 is 0 Å². The maximum atomic E-state index is 12.3. The zero-order valence-electron chi connectivity index (χ0n) is 14.2. The summed E-state index contributed by atoms with van der Waals surface area (Å²) in [5.41, 5.74) is 0. The van der Waals surface area contributed by atoms with Crippen molar-refractivity contribution in [3.05, 3.63) is 0 Å². The van der Waals surface area contributed by atoms with E-state index in [-0.39, 0.29) is 24.9 Å². The van der Waals surface area contributed by atoms with Crippen LogP contribution < -0.4 is 5.32 Å². The zero-order chi connectivity index (χ0) is 15.1. The van der Waals surface area contributed by atoms with Crippen LogP contribution in [0.4, 0.5) is 0 Å². The Morgan fingerprint density at radius 1 is 1.18 bits per heavy atom. The van der Waals surface area contributed by atoms with Crippen LogP contribution in [0.5, 0.6) is 0 Å². The van der Waals surface area contributed by atoms with Crippen molar-refractivity contribution in [3.8, 4) is 0 Å². The second-order valence-corrected chi connectivity index (χ2v) is 6.83. The summed E-state index contributed by atoms with van der Waals surface area (Å²) in [7, 11) is 2.00. The van der Waals surface area contributed by atoms with Gasteiger partial charge in [0.2, 0.25) is 5.91 Å². The Morgan fingerprint density at radius 2 is 1.86 bits per heavy atom. The van der Waals surface area contributed by atoms with Gasteiger partial charge in [0.05, 0.1) is 6.10 Å². The van der Waals surface area contributed by atoms with E-state index in [9.17, 15) is 4.79 Å². The molecule has 1 aliphatic heterocycles. The van der Waals surface area contributed by atoms with Crippen molar-refractivity contribution in [1.82, 2.24) is 10.2 Å². The third-order valence-corrected chi connectivity index (χ3v) is 5.22. The largest absolute Gasteiger partial charge is 0.368 e. The summed E-state index contributed by atoms with van der Waals surface area (Å²) < 4.78 is 5.90. The molecule has 2 atom stereocenters. The Labute approximate surface area is 141 Å². The van der Waals surface area contributed by atoms with Crippen molar-refractivity contribution in [3.63, 3.8) is 0 Å². The Kier molecular flexibility index (Phi) is 9.37. The Bertz CT molecular complexity index is 320. The monoisotopic (exact) mass is 332 g/mol. The van der Waals surface area contributed by atoms with Crippen molar-refractivity contribution in [2.24, 2.45) is 11.8 Å². The first kappa shape index (κ1) is 19.7. The average Bonchev–Trinajstić information content (AvgIpc) is 2.52. The van der Waals surface area contributed by atoms with Crippen LogP contribution in [0.25, 0.3) is 0 Å². The summed E-state index contributed by atoms with van der Waals surface area (Å²) >= 11 is 0. The minimum Gasteiger partial charge on any atom is -0.368 e. The van der Waals surface area contributed by atoms with E-state index in [4.69, 9.17) is 4.74 Å². The van der Waals surface area contributed by atoms with Crippen LogP contribution in [-0.2, 0) is 9.53 Å². The number of likely N-dealkylation sites (tertiary alicyclic amines) is 1. The molecule has 22 heavy (non-hydrogen) atoms. The Morgan fingerprint density at radius 3 is 2.50 bits per heavy atom. The first-order valence-corrected chi connectivity index (χ1v) is 8.74. The number of piperidine rings is 1. The fourth-order valence-electron chi connectivity index (χ4n) is 3.62. The van der Waals surface area contributed by atoms with Crippen LogP contribution in [0, 0.1) is 11.8 Å². The fourth-order valence-corrected chi connectivity index (χ4v) is 3.62. The zero-order valence-corrected chi connectivity index (χ0v) is 15.0. The molecular weight excluding hydrogens is 300 g/mol. The molecule has 2 fully saturated rings. The van der Waals surface area contributed by atoms with Crippen molar-refractivity contribution >= 4 is 18.3 Å². The molecule has 0 radical (unpaired) electrons. The smallest absolute Gasteiger partial charge is 0.248 e. The lowest BCUT2D eigenvalue weighted by atomic mass is 9.88. The molecule has 0 aromatic carbocycles. The quantitative estimate of drug-likeness (QED) is 0.813. The molecule has 0 bridgehead atoms. The van der Waals surface area contributed by atoms with E-state index in [0.717, 1.165) is 44.8 Å². The molecule has 1 heterocycles. The number of nitrogens with one attached hydrogen (secondary N) is 1. The number of hydrogen-bond acceptors (Lipinski definition) is 3. The predicted octanol–water partition coefficient (Wildman–Crippen LogP) is 2.85. The van der Waals surface area contributed by atoms with Crippen LogP contribution in [0.3, 0.4) is 0 Å². The summed E-state index contributed by atoms with van der Waals surface area (Å²) in [6.07, 6.45) is 8.76. The summed E-state index contributed by atoms with van der Waals surface area (Å²) in [6, 6.07) is 0. The van der Waals surface area contributed by atoms with E-state index in [1.807, 2.05) is 11.9 Å². The van der Waals surface area contributed by atoms with Gasteiger partial charge in [0, 0.05) is 13.1 Å². The molecule has 130 valence electrons. The van der Waals surface area contributed by atoms with Gasteiger partial charge in [0.1, 0.15) is 6.61 Å². The van der Waals surface area contributed by atoms with Gasteiger partial charge in [-0.3, -0.25) is 4.79 Å². The van der Waals surface area contributed by atoms with Gasteiger partial charge in [-0.2, -0.15) is 0 Å². The molecule has 0 aromatic rings. The molecule has 0 aromatic heterocycles. The summed E-state index contributed by atoms with van der Waals surface area (Å²) in [4.78, 5) is 14.3. The van der Waals surface area contributed by atoms with E-state index < -0.39 is 0 Å². The molecule has 4 nitrogen and oxygen atoms in total. The normalized spacial score (nSPS) is 26.5. The lowest BCUT2D eigenvalue weighted by Gasteiger charge is -2.33. The van der Waals surface area contributed by atoms with E-state index in [0.29, 0.717) is 12.0 Å². The minimum atomic E-state index is 0. The molecular formula is C17H33ClN2O2. The molecule has 5 heteroatoms. The Hall–Kier alpha value is -0.320. The summed E-state index contributed by atoms with van der Waals surface area (Å²) in [5, 5.41) is 3.21. The van der Waals surface area contributed by atoms with Crippen LogP contribution in [0.2, 0.25) is 0 Å². The van der Waals surface area contributed by atoms with Crippen molar-refractivity contribution in [2.45, 2.75) is 58.0 Å². The highest BCUT2D eigenvalue weighted by atomic mass is 35.5. The molecule has 1 amide bonds. The topological polar surface area (TPSA) is 41.6 Å². The van der Waals surface area contributed by atoms with Gasteiger partial charge >= 0.3 is 0 Å². The SMILES string of the molecule is CNCCC1CCN(C(=O)COC2CCCCC2C)CC1.Cl. The molecule has 2 aliphatic rings. The summed E-state index contributed by atoms with van der Waals surface area (Å²) in [5.74, 6) is 1.58. The van der Waals surface area contributed by atoms with Crippen molar-refractivity contribution < 1.29 is 9.53 Å². The van der Waals surface area contributed by atoms with Crippen LogP contribution in [0.1, 0.15) is 51.9 Å². The Balaban J connectivity index is 0.00000242. The molecule has 1 saturated heterocycles. The maximum absolute atomic E-state index is 12.3. The van der Waals surface area contributed by atoms with E-state index in [1.165, 1.54) is 25.7 Å². The van der Waals surface area contributed by atoms with Crippen LogP contribution in [0.15, 0.2) is 0 Å². The van der Waals surface area contributed by atoms with E-state index in [2.05, 4.69) is 12.2 Å². The number of carbonyl (C=O) groups is 1. The lowest BCUT2D eigenvalue weighted by molar-refractivity contribution is -0.141. The molecule has 0 spiro atoms. The molecule has 2 unspecified atom stereocenters. The highest BCUT2D eigenvalue weighted by Crippen LogP contribution is 2.26. The second-order valence-electron chi connectivity index (χ2n) is 6.83. The van der Waals surface area contributed by atoms with Crippen molar-refractivity contribution in [1.29, 1.82) is 0 Å². The number of halogens is 1. The third-order valence-electron chi connectivity index (χ3n) is 5.22. The number of amides is 1. The van der Waals surface area contributed by atoms with Gasteiger partial charge in [-0.15, -0.1) is 12.4 Å².